The summed E-state index contributed by atoms with van der Waals surface area (Å²) >= 11 is 0. The smallest absolute Gasteiger partial charge is 0.321 e. The predicted octanol–water partition coefficient (Wildman–Crippen LogP) is 3.58. The van der Waals surface area contributed by atoms with Crippen LogP contribution < -0.4 is 15.1 Å². The van der Waals surface area contributed by atoms with Crippen molar-refractivity contribution in [1.29, 1.82) is 0 Å². The molecule has 0 saturated carbocycles. The first kappa shape index (κ1) is 20.4. The van der Waals surface area contributed by atoms with Crippen molar-refractivity contribution < 1.29 is 9.18 Å². The van der Waals surface area contributed by atoms with E-state index in [1.165, 1.54) is 25.3 Å². The molecule has 1 aromatic heterocycles. The monoisotopic (exact) mass is 412 g/mol. The van der Waals surface area contributed by atoms with Gasteiger partial charge in [-0.05, 0) is 45.2 Å². The van der Waals surface area contributed by atoms with Crippen molar-refractivity contribution in [2.75, 3.05) is 54.4 Å². The molecular weight excluding hydrogens is 383 g/mol. The maximum atomic E-state index is 13.7. The molecule has 2 amide bonds. The standard InChI is InChI=1S/C22H29FN6O/c1-16-18(23)7-6-8-19(16)26-22(30)29-13-11-28(12-14-29)21-15-20(24-17(2)25-21)27-9-4-3-5-10-27/h6-8,15H,3-5,9-14H2,1-2H3,(H,26,30). The Kier molecular flexibility index (Phi) is 6.01. The van der Waals surface area contributed by atoms with Crippen molar-refractivity contribution in [2.24, 2.45) is 0 Å². The number of urea groups is 1. The van der Waals surface area contributed by atoms with Gasteiger partial charge in [0.05, 0.1) is 0 Å². The number of aromatic nitrogens is 2. The zero-order valence-corrected chi connectivity index (χ0v) is 17.7. The average Bonchev–Trinajstić information content (AvgIpc) is 2.77. The number of anilines is 3. The van der Waals surface area contributed by atoms with Crippen molar-refractivity contribution in [1.82, 2.24) is 14.9 Å². The molecule has 4 rings (SSSR count). The van der Waals surface area contributed by atoms with Crippen molar-refractivity contribution in [2.45, 2.75) is 33.1 Å². The fourth-order valence-electron chi connectivity index (χ4n) is 4.06. The molecule has 0 aliphatic carbocycles. The Morgan fingerprint density at radius 3 is 2.23 bits per heavy atom. The van der Waals surface area contributed by atoms with E-state index >= 15 is 0 Å². The molecule has 30 heavy (non-hydrogen) atoms. The van der Waals surface area contributed by atoms with Crippen LogP contribution in [-0.2, 0) is 0 Å². The highest BCUT2D eigenvalue weighted by Gasteiger charge is 2.24. The molecule has 0 radical (unpaired) electrons. The molecule has 3 heterocycles. The Morgan fingerprint density at radius 1 is 0.933 bits per heavy atom. The average molecular weight is 413 g/mol. The van der Waals surface area contributed by atoms with E-state index in [-0.39, 0.29) is 11.8 Å². The molecule has 8 heteroatoms. The van der Waals surface area contributed by atoms with Gasteiger partial charge < -0.3 is 20.0 Å². The minimum Gasteiger partial charge on any atom is -0.356 e. The molecule has 2 aliphatic rings. The van der Waals surface area contributed by atoms with Gasteiger partial charge in [-0.1, -0.05) is 6.07 Å². The first-order chi connectivity index (χ1) is 14.5. The Morgan fingerprint density at radius 2 is 1.57 bits per heavy atom. The van der Waals surface area contributed by atoms with Crippen LogP contribution in [0.15, 0.2) is 24.3 Å². The van der Waals surface area contributed by atoms with Gasteiger partial charge in [0.15, 0.2) is 0 Å². The quantitative estimate of drug-likeness (QED) is 0.835. The second-order valence-electron chi connectivity index (χ2n) is 8.00. The van der Waals surface area contributed by atoms with Crippen LogP contribution in [0.4, 0.5) is 26.5 Å². The summed E-state index contributed by atoms with van der Waals surface area (Å²) in [5, 5.41) is 2.83. The zero-order valence-electron chi connectivity index (χ0n) is 17.7. The van der Waals surface area contributed by atoms with Gasteiger partial charge >= 0.3 is 6.03 Å². The number of carbonyl (C=O) groups is 1. The Bertz CT molecular complexity index is 906. The maximum Gasteiger partial charge on any atom is 0.321 e. The molecule has 0 spiro atoms. The van der Waals surface area contributed by atoms with E-state index in [4.69, 9.17) is 0 Å². The summed E-state index contributed by atoms with van der Waals surface area (Å²) < 4.78 is 13.7. The van der Waals surface area contributed by atoms with Gasteiger partial charge in [0.25, 0.3) is 0 Å². The van der Waals surface area contributed by atoms with Crippen LogP contribution in [0.5, 0.6) is 0 Å². The number of benzene rings is 1. The van der Waals surface area contributed by atoms with Crippen LogP contribution in [0, 0.1) is 19.7 Å². The summed E-state index contributed by atoms with van der Waals surface area (Å²) in [5.41, 5.74) is 0.964. The first-order valence-electron chi connectivity index (χ1n) is 10.7. The van der Waals surface area contributed by atoms with Crippen molar-refractivity contribution in [3.63, 3.8) is 0 Å². The Labute approximate surface area is 176 Å². The number of nitrogens with zero attached hydrogens (tertiary/aromatic N) is 5. The number of rotatable bonds is 3. The van der Waals surface area contributed by atoms with Crippen LogP contribution in [0.25, 0.3) is 0 Å². The number of nitrogens with one attached hydrogen (secondary N) is 1. The largest absolute Gasteiger partial charge is 0.356 e. The molecule has 160 valence electrons. The van der Waals surface area contributed by atoms with E-state index in [2.05, 4.69) is 31.2 Å². The molecule has 2 fully saturated rings. The third-order valence-corrected chi connectivity index (χ3v) is 5.89. The lowest BCUT2D eigenvalue weighted by Crippen LogP contribution is -2.50. The number of halogens is 1. The normalized spacial score (nSPS) is 17.2. The third-order valence-electron chi connectivity index (χ3n) is 5.89. The zero-order chi connectivity index (χ0) is 21.1. The number of hydrogen-bond acceptors (Lipinski definition) is 5. The molecule has 2 saturated heterocycles. The van der Waals surface area contributed by atoms with Crippen molar-refractivity contribution in [3.05, 3.63) is 41.5 Å². The Balaban J connectivity index is 1.39. The number of amides is 2. The Hall–Kier alpha value is -2.90. The summed E-state index contributed by atoms with van der Waals surface area (Å²) in [4.78, 5) is 28.2. The highest BCUT2D eigenvalue weighted by Crippen LogP contribution is 2.24. The second kappa shape index (κ2) is 8.85. The molecule has 1 N–H and O–H groups in total. The molecule has 0 atom stereocenters. The third kappa shape index (κ3) is 4.47. The number of hydrogen-bond donors (Lipinski definition) is 1. The van der Waals surface area contributed by atoms with Crippen LogP contribution >= 0.6 is 0 Å². The SMILES string of the molecule is Cc1nc(N2CCCCC2)cc(N2CCN(C(=O)Nc3cccc(F)c3C)CC2)n1. The fourth-order valence-corrected chi connectivity index (χ4v) is 4.06. The van der Waals surface area contributed by atoms with E-state index in [9.17, 15) is 9.18 Å². The minimum absolute atomic E-state index is 0.198. The lowest BCUT2D eigenvalue weighted by molar-refractivity contribution is 0.208. The highest BCUT2D eigenvalue weighted by molar-refractivity contribution is 5.90. The second-order valence-corrected chi connectivity index (χ2v) is 8.00. The number of aryl methyl sites for hydroxylation is 1. The topological polar surface area (TPSA) is 64.6 Å². The van der Waals surface area contributed by atoms with Crippen molar-refractivity contribution in [3.8, 4) is 0 Å². The van der Waals surface area contributed by atoms with Gasteiger partial charge in [-0.3, -0.25) is 0 Å². The van der Waals surface area contributed by atoms with E-state index in [1.54, 1.807) is 24.0 Å². The van der Waals surface area contributed by atoms with E-state index < -0.39 is 0 Å². The van der Waals surface area contributed by atoms with Crippen LogP contribution in [-0.4, -0.2) is 60.2 Å². The highest BCUT2D eigenvalue weighted by atomic mass is 19.1. The summed E-state index contributed by atoms with van der Waals surface area (Å²) in [6, 6.07) is 6.60. The van der Waals surface area contributed by atoms with Crippen LogP contribution in [0.1, 0.15) is 30.7 Å². The minimum atomic E-state index is -0.318. The summed E-state index contributed by atoms with van der Waals surface area (Å²) in [6.45, 7) is 8.26. The molecule has 0 unspecified atom stereocenters. The van der Waals surface area contributed by atoms with Crippen LogP contribution in [0.3, 0.4) is 0 Å². The van der Waals surface area contributed by atoms with E-state index in [0.29, 0.717) is 37.4 Å². The molecule has 0 bridgehead atoms. The van der Waals surface area contributed by atoms with Gasteiger partial charge in [-0.2, -0.15) is 0 Å². The lowest BCUT2D eigenvalue weighted by atomic mass is 10.1. The number of carbonyl (C=O) groups excluding carboxylic acids is 1. The summed E-state index contributed by atoms with van der Waals surface area (Å²) in [7, 11) is 0. The molecule has 1 aromatic carbocycles. The molecule has 2 aromatic rings. The molecule has 7 nitrogen and oxygen atoms in total. The van der Waals surface area contributed by atoms with Gasteiger partial charge in [0, 0.05) is 56.6 Å². The van der Waals surface area contributed by atoms with E-state index in [1.807, 2.05) is 6.92 Å². The van der Waals surface area contributed by atoms with Gasteiger partial charge in [-0.15, -0.1) is 0 Å². The van der Waals surface area contributed by atoms with Crippen molar-refractivity contribution >= 4 is 23.4 Å². The van der Waals surface area contributed by atoms with Gasteiger partial charge in [0.2, 0.25) is 0 Å². The van der Waals surface area contributed by atoms with Gasteiger partial charge in [0.1, 0.15) is 23.3 Å². The lowest BCUT2D eigenvalue weighted by Gasteiger charge is -2.36. The fraction of sp³-hybridized carbons (Fsp3) is 0.500. The number of piperidine rings is 1. The summed E-state index contributed by atoms with van der Waals surface area (Å²) in [6.07, 6.45) is 3.69. The maximum absolute atomic E-state index is 13.7. The predicted molar refractivity (Wildman–Crippen MR) is 117 cm³/mol. The summed E-state index contributed by atoms with van der Waals surface area (Å²) in [5.74, 6) is 2.37. The van der Waals surface area contributed by atoms with E-state index in [0.717, 1.165) is 30.5 Å². The van der Waals surface area contributed by atoms with Gasteiger partial charge in [-0.25, -0.2) is 19.2 Å². The molecule has 2 aliphatic heterocycles. The molecular formula is C22H29FN6O. The van der Waals surface area contributed by atoms with Crippen LogP contribution in [0.2, 0.25) is 0 Å². The number of piperazine rings is 1. The first-order valence-corrected chi connectivity index (χ1v) is 10.7.